The number of hydrogen-bond acceptors (Lipinski definition) is 14. The second-order valence-corrected chi connectivity index (χ2v) is 17.5. The Bertz CT molecular complexity index is 1510. The zero-order chi connectivity index (χ0) is 43.7. The first-order chi connectivity index (χ1) is 26.2. The Morgan fingerprint density at radius 2 is 1.09 bits per heavy atom. The summed E-state index contributed by atoms with van der Waals surface area (Å²) >= 11 is 8.86. The van der Waals surface area contributed by atoms with E-state index in [0.29, 0.717) is 62.6 Å². The number of alkyl halides is 1. The number of Topliss-reactive ketones (excluding diaryl/α,β-unsaturated/α-hetero) is 1. The summed E-state index contributed by atoms with van der Waals surface area (Å²) in [5, 5.41) is 22.3. The molecule has 4 heterocycles. The van der Waals surface area contributed by atoms with Crippen molar-refractivity contribution in [2.45, 2.75) is 79.1 Å². The number of aliphatic carboxylic acids is 1. The number of halogens is 1. The topological polar surface area (TPSA) is 238 Å². The smallest absolute Gasteiger partial charge is 0.410 e. The number of aromatic nitrogens is 1. The zero-order valence-electron chi connectivity index (χ0n) is 34.3. The van der Waals surface area contributed by atoms with Gasteiger partial charge in [-0.25, -0.2) is 29.0 Å². The number of carbonyl (C=O) groups is 6. The highest BCUT2D eigenvalue weighted by Gasteiger charge is 2.28. The second-order valence-electron chi connectivity index (χ2n) is 15.6. The van der Waals surface area contributed by atoms with Crippen LogP contribution in [0.1, 0.15) is 72.8 Å². The third kappa shape index (κ3) is 21.4. The molecule has 0 spiro atoms. The van der Waals surface area contributed by atoms with Crippen LogP contribution in [0.15, 0.2) is 5.38 Å². The normalized spacial score (nSPS) is 15.9. The van der Waals surface area contributed by atoms with E-state index in [0.717, 1.165) is 26.2 Å². The number of ketones is 1. The number of carboxylic acids is 2. The molecule has 57 heavy (non-hydrogen) atoms. The quantitative estimate of drug-likeness (QED) is 0.146. The molecule has 0 unspecified atom stereocenters. The SMILES string of the molecule is CC(C)(C)OC(=O)N1CCN(C(N)=S)CC1.CC(C)(C)OC(=O)N1CCN(c2nc(C(=O)O)cs2)CC1.CC(C)(C)OC(=O)N1CCNCC1.O=C(O)C(=O)CBr. The summed E-state index contributed by atoms with van der Waals surface area (Å²) in [6, 6.07) is 0. The van der Waals surface area contributed by atoms with Gasteiger partial charge in [0.25, 0.3) is 0 Å². The molecule has 5 N–H and O–H groups in total. The second kappa shape index (κ2) is 23.4. The van der Waals surface area contributed by atoms with Crippen molar-refractivity contribution in [3.8, 4) is 0 Å². The van der Waals surface area contributed by atoms with Crippen molar-refractivity contribution in [1.29, 1.82) is 0 Å². The van der Waals surface area contributed by atoms with E-state index in [1.165, 1.54) is 16.7 Å². The molecule has 0 atom stereocenters. The summed E-state index contributed by atoms with van der Waals surface area (Å²) < 4.78 is 15.8. The maximum Gasteiger partial charge on any atom is 0.410 e. The lowest BCUT2D eigenvalue weighted by Gasteiger charge is -2.35. The first-order valence-corrected chi connectivity index (χ1v) is 20.6. The number of nitrogens with one attached hydrogen (secondary N) is 1. The van der Waals surface area contributed by atoms with E-state index < -0.39 is 28.9 Å². The summed E-state index contributed by atoms with van der Waals surface area (Å²) in [6.07, 6.45) is -0.781. The number of anilines is 1. The number of rotatable bonds is 4. The molecule has 0 aromatic carbocycles. The van der Waals surface area contributed by atoms with Crippen molar-refractivity contribution in [2.24, 2.45) is 5.73 Å². The fourth-order valence-corrected chi connectivity index (χ4v) is 5.86. The van der Waals surface area contributed by atoms with Gasteiger partial charge in [0, 0.05) is 83.9 Å². The minimum atomic E-state index is -1.39. The molecule has 1 aromatic heterocycles. The van der Waals surface area contributed by atoms with E-state index in [4.69, 9.17) is 42.4 Å². The van der Waals surface area contributed by atoms with Crippen LogP contribution in [-0.4, -0.2) is 177 Å². The molecule has 0 radical (unpaired) electrons. The van der Waals surface area contributed by atoms with E-state index in [2.05, 4.69) is 26.2 Å². The van der Waals surface area contributed by atoms with Gasteiger partial charge in [0.05, 0.1) is 5.33 Å². The molecule has 3 aliphatic heterocycles. The number of nitrogens with two attached hydrogens (primary N) is 1. The number of nitrogens with zero attached hydrogens (tertiary/aromatic N) is 6. The summed E-state index contributed by atoms with van der Waals surface area (Å²) in [6.45, 7) is 24.8. The van der Waals surface area contributed by atoms with Gasteiger partial charge < -0.3 is 60.0 Å². The van der Waals surface area contributed by atoms with Crippen LogP contribution in [0.2, 0.25) is 0 Å². The molecule has 0 bridgehead atoms. The van der Waals surface area contributed by atoms with Crippen LogP contribution in [0.25, 0.3) is 0 Å². The predicted octanol–water partition coefficient (Wildman–Crippen LogP) is 3.54. The first kappa shape index (κ1) is 51.0. The van der Waals surface area contributed by atoms with Crippen LogP contribution in [0.5, 0.6) is 0 Å². The Morgan fingerprint density at radius 1 is 0.719 bits per heavy atom. The minimum Gasteiger partial charge on any atom is -0.476 e. The van der Waals surface area contributed by atoms with E-state index in [-0.39, 0.29) is 34.9 Å². The van der Waals surface area contributed by atoms with Crippen molar-refractivity contribution in [2.75, 3.05) is 88.8 Å². The number of ether oxygens (including phenoxy) is 3. The number of amides is 3. The van der Waals surface area contributed by atoms with Crippen LogP contribution in [0.3, 0.4) is 0 Å². The van der Waals surface area contributed by atoms with Crippen LogP contribution in [0.4, 0.5) is 19.5 Å². The molecular weight excluding hydrogens is 852 g/mol. The third-order valence-electron chi connectivity index (χ3n) is 7.28. The van der Waals surface area contributed by atoms with Crippen LogP contribution < -0.4 is 16.0 Å². The van der Waals surface area contributed by atoms with Gasteiger partial charge in [0.1, 0.15) is 16.8 Å². The van der Waals surface area contributed by atoms with Crippen molar-refractivity contribution < 1.29 is 53.2 Å². The lowest BCUT2D eigenvalue weighted by atomic mass is 10.2. The van der Waals surface area contributed by atoms with E-state index in [1.807, 2.05) is 72.1 Å². The molecule has 0 aliphatic carbocycles. The number of thiocarbonyl (C=S) groups is 1. The fourth-order valence-electron chi connectivity index (χ4n) is 4.58. The molecule has 1 aromatic rings. The molecule has 3 fully saturated rings. The number of hydrogen-bond donors (Lipinski definition) is 4. The number of piperazine rings is 3. The fraction of sp³-hybridized carbons (Fsp3) is 0.714. The van der Waals surface area contributed by atoms with Gasteiger partial charge in [-0.15, -0.1) is 11.3 Å². The lowest BCUT2D eigenvalue weighted by molar-refractivity contribution is -0.147. The largest absolute Gasteiger partial charge is 0.476 e. The minimum absolute atomic E-state index is 0.0598. The van der Waals surface area contributed by atoms with Crippen LogP contribution in [0, 0.1) is 0 Å². The Kier molecular flexibility index (Phi) is 20.9. The highest BCUT2D eigenvalue weighted by Crippen LogP contribution is 2.22. The molecule has 3 amide bonds. The summed E-state index contributed by atoms with van der Waals surface area (Å²) in [5.41, 5.74) is 4.24. The maximum atomic E-state index is 11.9. The monoisotopic (exact) mass is 910 g/mol. The van der Waals surface area contributed by atoms with Crippen molar-refractivity contribution in [3.63, 3.8) is 0 Å². The highest BCUT2D eigenvalue weighted by molar-refractivity contribution is 9.09. The van der Waals surface area contributed by atoms with Gasteiger partial charge in [0.15, 0.2) is 15.9 Å². The molecule has 19 nitrogen and oxygen atoms in total. The van der Waals surface area contributed by atoms with Crippen molar-refractivity contribution in [1.82, 2.24) is 29.9 Å². The van der Waals surface area contributed by atoms with Crippen LogP contribution in [-0.2, 0) is 23.8 Å². The Hall–Kier alpha value is -4.02. The molecular formula is C35H59BrN8O11S2. The van der Waals surface area contributed by atoms with Gasteiger partial charge in [-0.1, -0.05) is 15.9 Å². The van der Waals surface area contributed by atoms with E-state index in [9.17, 15) is 28.8 Å². The molecule has 4 rings (SSSR count). The molecule has 324 valence electrons. The first-order valence-electron chi connectivity index (χ1n) is 18.2. The highest BCUT2D eigenvalue weighted by atomic mass is 79.9. The Balaban J connectivity index is 0.000000404. The van der Waals surface area contributed by atoms with Gasteiger partial charge in [-0.05, 0) is 74.5 Å². The average Bonchev–Trinajstić information content (AvgIpc) is 3.62. The number of aromatic carboxylic acids is 1. The van der Waals surface area contributed by atoms with Gasteiger partial charge in [-0.3, -0.25) is 4.79 Å². The lowest BCUT2D eigenvalue weighted by Crippen LogP contribution is -2.52. The van der Waals surface area contributed by atoms with Crippen molar-refractivity contribution >= 4 is 85.7 Å². The zero-order valence-corrected chi connectivity index (χ0v) is 37.5. The summed E-state index contributed by atoms with van der Waals surface area (Å²) in [4.78, 5) is 78.4. The summed E-state index contributed by atoms with van der Waals surface area (Å²) in [5.74, 6) is -3.23. The van der Waals surface area contributed by atoms with Gasteiger partial charge >= 0.3 is 30.2 Å². The Labute approximate surface area is 352 Å². The van der Waals surface area contributed by atoms with Gasteiger partial charge in [-0.2, -0.15) is 0 Å². The molecule has 3 saturated heterocycles. The van der Waals surface area contributed by atoms with Crippen molar-refractivity contribution in [3.05, 3.63) is 11.1 Å². The summed E-state index contributed by atoms with van der Waals surface area (Å²) in [7, 11) is 0. The van der Waals surface area contributed by atoms with Crippen LogP contribution >= 0.6 is 39.5 Å². The van der Waals surface area contributed by atoms with Gasteiger partial charge in [0.2, 0.25) is 5.78 Å². The molecule has 3 aliphatic rings. The average molecular weight is 912 g/mol. The number of carbonyl (C=O) groups excluding carboxylic acids is 4. The standard InChI is InChI=1S/C13H19N3O4S.C10H19N3O2S.C9H18N2O2.C3H3BrO3/c1-13(2,3)20-12(19)16-6-4-15(5-7-16)11-14-9(8-21-11)10(17)18;1-10(2,3)15-9(14)13-6-4-12(5-7-13)8(11)16;1-9(2,3)13-8(12)11-6-4-10-5-7-11;4-1-2(5)3(6)7/h8H,4-7H2,1-3H3,(H,17,18);4-7H2,1-3H3,(H2,11,16);10H,4-7H2,1-3H3;1H2,(H,6,7). The number of carboxylic acid groups (broad SMARTS) is 2. The number of thiazole rings is 1. The third-order valence-corrected chi connectivity index (χ3v) is 8.95. The molecule has 22 heteroatoms. The molecule has 0 saturated carbocycles. The van der Waals surface area contributed by atoms with E-state index >= 15 is 0 Å². The predicted molar refractivity (Wildman–Crippen MR) is 222 cm³/mol. The van der Waals surface area contributed by atoms with E-state index in [1.54, 1.807) is 14.7 Å². The maximum absolute atomic E-state index is 11.9. The Morgan fingerprint density at radius 3 is 1.39 bits per heavy atom.